The molecule has 0 atom stereocenters. The van der Waals surface area contributed by atoms with E-state index in [4.69, 9.17) is 11.6 Å². The normalized spacial score (nSPS) is 14.9. The van der Waals surface area contributed by atoms with E-state index >= 15 is 0 Å². The number of pyridine rings is 2. The van der Waals surface area contributed by atoms with Gasteiger partial charge >= 0.3 is 0 Å². The predicted molar refractivity (Wildman–Crippen MR) is 98.2 cm³/mol. The van der Waals surface area contributed by atoms with E-state index in [9.17, 15) is 4.79 Å². The summed E-state index contributed by atoms with van der Waals surface area (Å²) in [5.41, 5.74) is 3.91. The maximum absolute atomic E-state index is 13.0. The SMILES string of the molecule is O=c1c2c(n(-c3cccc(Cl)c3)c3ncccc13)CCCCCC2. The summed E-state index contributed by atoms with van der Waals surface area (Å²) < 4.78 is 2.14. The van der Waals surface area contributed by atoms with Crippen LogP contribution >= 0.6 is 11.6 Å². The zero-order valence-electron chi connectivity index (χ0n) is 13.5. The van der Waals surface area contributed by atoms with Crippen LogP contribution in [0.5, 0.6) is 0 Å². The van der Waals surface area contributed by atoms with Crippen molar-refractivity contribution in [1.29, 1.82) is 0 Å². The second kappa shape index (κ2) is 6.40. The summed E-state index contributed by atoms with van der Waals surface area (Å²) in [6.07, 6.45) is 8.08. The van der Waals surface area contributed by atoms with Crippen LogP contribution in [-0.2, 0) is 12.8 Å². The fraction of sp³-hybridized carbons (Fsp3) is 0.300. The minimum Gasteiger partial charge on any atom is -0.298 e. The third kappa shape index (κ3) is 2.63. The lowest BCUT2D eigenvalue weighted by atomic mass is 9.95. The van der Waals surface area contributed by atoms with Crippen molar-refractivity contribution < 1.29 is 0 Å². The smallest absolute Gasteiger partial charge is 0.194 e. The van der Waals surface area contributed by atoms with Gasteiger partial charge < -0.3 is 0 Å². The highest BCUT2D eigenvalue weighted by Crippen LogP contribution is 2.26. The van der Waals surface area contributed by atoms with Gasteiger partial charge in [-0.15, -0.1) is 0 Å². The minimum absolute atomic E-state index is 0.147. The molecule has 0 unspecified atom stereocenters. The zero-order chi connectivity index (χ0) is 16.5. The van der Waals surface area contributed by atoms with Gasteiger partial charge in [0.2, 0.25) is 0 Å². The first-order valence-electron chi connectivity index (χ1n) is 8.53. The Morgan fingerprint density at radius 3 is 2.67 bits per heavy atom. The van der Waals surface area contributed by atoms with Crippen molar-refractivity contribution >= 4 is 22.6 Å². The Bertz CT molecular complexity index is 962. The number of nitrogens with zero attached hydrogens (tertiary/aromatic N) is 2. The highest BCUT2D eigenvalue weighted by molar-refractivity contribution is 6.30. The highest BCUT2D eigenvalue weighted by Gasteiger charge is 2.19. The maximum atomic E-state index is 13.0. The van der Waals surface area contributed by atoms with Crippen LogP contribution in [0.3, 0.4) is 0 Å². The Balaban J connectivity index is 2.11. The van der Waals surface area contributed by atoms with Gasteiger partial charge in [0.05, 0.1) is 5.39 Å². The minimum atomic E-state index is 0.147. The summed E-state index contributed by atoms with van der Waals surface area (Å²) in [5, 5.41) is 1.38. The molecule has 24 heavy (non-hydrogen) atoms. The van der Waals surface area contributed by atoms with Crippen LogP contribution in [0.4, 0.5) is 0 Å². The second-order valence-corrected chi connectivity index (χ2v) is 6.79. The molecule has 1 aliphatic rings. The summed E-state index contributed by atoms with van der Waals surface area (Å²) in [5.74, 6) is 0. The van der Waals surface area contributed by atoms with Crippen molar-refractivity contribution in [3.05, 3.63) is 69.1 Å². The monoisotopic (exact) mass is 338 g/mol. The maximum Gasteiger partial charge on any atom is 0.194 e. The quantitative estimate of drug-likeness (QED) is 0.644. The molecule has 1 aromatic carbocycles. The molecule has 122 valence electrons. The first-order chi connectivity index (χ1) is 11.8. The lowest BCUT2D eigenvalue weighted by molar-refractivity contribution is 0.601. The van der Waals surface area contributed by atoms with E-state index in [-0.39, 0.29) is 5.43 Å². The molecule has 2 heterocycles. The van der Waals surface area contributed by atoms with Crippen molar-refractivity contribution in [3.63, 3.8) is 0 Å². The van der Waals surface area contributed by atoms with Crippen LogP contribution in [0, 0.1) is 0 Å². The van der Waals surface area contributed by atoms with Gasteiger partial charge in [-0.2, -0.15) is 0 Å². The molecular formula is C20H19ClN2O. The van der Waals surface area contributed by atoms with Gasteiger partial charge in [-0.3, -0.25) is 9.36 Å². The Labute approximate surface area is 145 Å². The molecule has 0 radical (unpaired) electrons. The molecule has 0 aliphatic heterocycles. The third-order valence-electron chi connectivity index (χ3n) is 4.79. The summed E-state index contributed by atoms with van der Waals surface area (Å²) in [4.78, 5) is 17.5. The Morgan fingerprint density at radius 1 is 1.00 bits per heavy atom. The topological polar surface area (TPSA) is 34.9 Å². The van der Waals surface area contributed by atoms with Gasteiger partial charge in [0.25, 0.3) is 0 Å². The number of rotatable bonds is 1. The van der Waals surface area contributed by atoms with Crippen LogP contribution in [0.2, 0.25) is 5.02 Å². The van der Waals surface area contributed by atoms with Crippen LogP contribution in [0.1, 0.15) is 36.9 Å². The van der Waals surface area contributed by atoms with Crippen LogP contribution in [0.25, 0.3) is 16.7 Å². The number of aromatic nitrogens is 2. The number of hydrogen-bond donors (Lipinski definition) is 0. The van der Waals surface area contributed by atoms with E-state index in [2.05, 4.69) is 9.55 Å². The van der Waals surface area contributed by atoms with Crippen LogP contribution < -0.4 is 5.43 Å². The largest absolute Gasteiger partial charge is 0.298 e. The molecule has 0 saturated carbocycles. The lowest BCUT2D eigenvalue weighted by Crippen LogP contribution is -2.22. The molecule has 4 heteroatoms. The van der Waals surface area contributed by atoms with Crippen molar-refractivity contribution in [3.8, 4) is 5.69 Å². The summed E-state index contributed by atoms with van der Waals surface area (Å²) >= 11 is 6.22. The average Bonchev–Trinajstić information content (AvgIpc) is 2.57. The molecule has 0 fully saturated rings. The van der Waals surface area contributed by atoms with Gasteiger partial charge in [0.1, 0.15) is 5.65 Å². The average molecular weight is 339 g/mol. The molecule has 0 N–H and O–H groups in total. The molecule has 4 rings (SSSR count). The second-order valence-electron chi connectivity index (χ2n) is 6.36. The molecule has 0 spiro atoms. The standard InChI is InChI=1S/C20H19ClN2O/c21-14-7-5-8-15(13-14)23-18-11-4-2-1-3-9-16(18)19(24)17-10-6-12-22-20(17)23/h5-8,10,12-13H,1-4,9,11H2. The van der Waals surface area contributed by atoms with Crippen LogP contribution in [-0.4, -0.2) is 9.55 Å². The van der Waals surface area contributed by atoms with E-state index < -0.39 is 0 Å². The number of benzene rings is 1. The Hall–Kier alpha value is -2.13. The molecule has 0 amide bonds. The van der Waals surface area contributed by atoms with Crippen molar-refractivity contribution in [2.45, 2.75) is 38.5 Å². The fourth-order valence-electron chi connectivity index (χ4n) is 3.67. The van der Waals surface area contributed by atoms with E-state index in [1.807, 2.05) is 36.4 Å². The van der Waals surface area contributed by atoms with E-state index in [0.717, 1.165) is 48.3 Å². The van der Waals surface area contributed by atoms with Crippen molar-refractivity contribution in [2.75, 3.05) is 0 Å². The Morgan fingerprint density at radius 2 is 1.83 bits per heavy atom. The molecule has 2 aromatic heterocycles. The van der Waals surface area contributed by atoms with Gasteiger partial charge in [-0.1, -0.05) is 30.5 Å². The molecule has 3 nitrogen and oxygen atoms in total. The van der Waals surface area contributed by atoms with Crippen molar-refractivity contribution in [2.24, 2.45) is 0 Å². The van der Waals surface area contributed by atoms with Gasteiger partial charge in [0, 0.05) is 28.2 Å². The zero-order valence-corrected chi connectivity index (χ0v) is 14.2. The first kappa shape index (κ1) is 15.4. The van der Waals surface area contributed by atoms with Gasteiger partial charge in [-0.05, 0) is 56.0 Å². The van der Waals surface area contributed by atoms with Crippen molar-refractivity contribution in [1.82, 2.24) is 9.55 Å². The molecule has 0 saturated heterocycles. The first-order valence-corrected chi connectivity index (χ1v) is 8.91. The highest BCUT2D eigenvalue weighted by atomic mass is 35.5. The van der Waals surface area contributed by atoms with Gasteiger partial charge in [-0.25, -0.2) is 4.98 Å². The number of fused-ring (bicyclic) bond motifs is 2. The Kier molecular flexibility index (Phi) is 4.11. The predicted octanol–water partition coefficient (Wildman–Crippen LogP) is 4.70. The number of halogens is 1. The van der Waals surface area contributed by atoms with E-state index in [0.29, 0.717) is 10.4 Å². The van der Waals surface area contributed by atoms with Crippen LogP contribution in [0.15, 0.2) is 47.4 Å². The molecule has 3 aromatic rings. The summed E-state index contributed by atoms with van der Waals surface area (Å²) in [7, 11) is 0. The molecular weight excluding hydrogens is 320 g/mol. The third-order valence-corrected chi connectivity index (χ3v) is 5.03. The fourth-order valence-corrected chi connectivity index (χ4v) is 3.85. The van der Waals surface area contributed by atoms with Gasteiger partial charge in [0.15, 0.2) is 5.43 Å². The summed E-state index contributed by atoms with van der Waals surface area (Å²) in [6, 6.07) is 11.5. The lowest BCUT2D eigenvalue weighted by Gasteiger charge is -2.21. The molecule has 0 bridgehead atoms. The summed E-state index contributed by atoms with van der Waals surface area (Å²) in [6.45, 7) is 0. The van der Waals surface area contributed by atoms with E-state index in [1.165, 1.54) is 12.8 Å². The number of hydrogen-bond acceptors (Lipinski definition) is 2. The molecule has 1 aliphatic carbocycles. The van der Waals surface area contributed by atoms with E-state index in [1.54, 1.807) is 6.20 Å².